The van der Waals surface area contributed by atoms with Crippen LogP contribution >= 0.6 is 11.6 Å². The molecule has 1 saturated heterocycles. The second kappa shape index (κ2) is 7.85. The van der Waals surface area contributed by atoms with Crippen LogP contribution in [0.1, 0.15) is 24.8 Å². The van der Waals surface area contributed by atoms with Gasteiger partial charge < -0.3 is 10.5 Å². The van der Waals surface area contributed by atoms with Crippen LogP contribution in [0, 0.1) is 0 Å². The fraction of sp³-hybridized carbons (Fsp3) is 0.600. The van der Waals surface area contributed by atoms with E-state index in [9.17, 15) is 0 Å². The Morgan fingerprint density at radius 2 is 2.11 bits per heavy atom. The fourth-order valence-electron chi connectivity index (χ4n) is 2.46. The summed E-state index contributed by atoms with van der Waals surface area (Å²) in [6, 6.07) is 8.12. The first-order chi connectivity index (χ1) is 9.28. The number of halogens is 1. The van der Waals surface area contributed by atoms with Crippen LogP contribution in [0.2, 0.25) is 5.02 Å². The van der Waals surface area contributed by atoms with Crippen LogP contribution in [-0.4, -0.2) is 37.2 Å². The van der Waals surface area contributed by atoms with E-state index in [4.69, 9.17) is 22.1 Å². The van der Waals surface area contributed by atoms with Crippen LogP contribution in [0.4, 0.5) is 0 Å². The maximum atomic E-state index is 6.01. The summed E-state index contributed by atoms with van der Waals surface area (Å²) in [5, 5.41) is 0.817. The molecule has 4 heteroatoms. The Balaban J connectivity index is 1.71. The number of nitrogens with two attached hydrogens (primary N) is 1. The van der Waals surface area contributed by atoms with E-state index in [2.05, 4.69) is 11.0 Å². The van der Waals surface area contributed by atoms with Gasteiger partial charge in [-0.15, -0.1) is 0 Å². The number of rotatable bonds is 6. The monoisotopic (exact) mass is 282 g/mol. The van der Waals surface area contributed by atoms with Gasteiger partial charge in [-0.05, 0) is 43.5 Å². The zero-order chi connectivity index (χ0) is 13.5. The lowest BCUT2D eigenvalue weighted by atomic mass is 10.1. The maximum absolute atomic E-state index is 6.01. The molecule has 1 heterocycles. The Morgan fingerprint density at radius 3 is 2.79 bits per heavy atom. The average Bonchev–Trinajstić information content (AvgIpc) is 2.41. The molecule has 3 nitrogen and oxygen atoms in total. The van der Waals surface area contributed by atoms with Gasteiger partial charge >= 0.3 is 0 Å². The molecule has 0 spiro atoms. The minimum atomic E-state index is 0.419. The molecule has 1 aliphatic rings. The Labute approximate surface area is 120 Å². The highest BCUT2D eigenvalue weighted by Gasteiger charge is 2.19. The number of ether oxygens (including phenoxy) is 1. The molecule has 106 valence electrons. The molecule has 0 aromatic heterocycles. The molecule has 1 aromatic carbocycles. The van der Waals surface area contributed by atoms with Crippen LogP contribution < -0.4 is 5.73 Å². The van der Waals surface area contributed by atoms with E-state index in [-0.39, 0.29) is 0 Å². The summed E-state index contributed by atoms with van der Waals surface area (Å²) in [6.45, 7) is 4.69. The molecule has 0 aliphatic carbocycles. The van der Waals surface area contributed by atoms with Crippen molar-refractivity contribution >= 4 is 11.6 Å². The van der Waals surface area contributed by atoms with Crippen molar-refractivity contribution < 1.29 is 4.74 Å². The number of hydrogen-bond acceptors (Lipinski definition) is 3. The summed E-state index contributed by atoms with van der Waals surface area (Å²) >= 11 is 6.01. The molecule has 1 aromatic rings. The molecular formula is C15H23ClN2O. The van der Waals surface area contributed by atoms with Crippen LogP contribution in [-0.2, 0) is 11.3 Å². The molecule has 2 N–H and O–H groups in total. The molecule has 0 atom stereocenters. The van der Waals surface area contributed by atoms with E-state index in [0.717, 1.165) is 50.5 Å². The van der Waals surface area contributed by atoms with E-state index < -0.39 is 0 Å². The third-order valence-electron chi connectivity index (χ3n) is 3.53. The molecule has 1 fully saturated rings. The summed E-state index contributed by atoms with van der Waals surface area (Å²) in [4.78, 5) is 2.47. The lowest BCUT2D eigenvalue weighted by molar-refractivity contribution is 0.00563. The minimum Gasteiger partial charge on any atom is -0.378 e. The standard InChI is InChI=1S/C15H23ClN2O/c16-14-4-1-3-13(11-14)12-18-8-5-15(6-9-18)19-10-2-7-17/h1,3-4,11,15H,2,5-10,12,17H2. The lowest BCUT2D eigenvalue weighted by Crippen LogP contribution is -2.36. The first kappa shape index (κ1) is 14.8. The van der Waals surface area contributed by atoms with Crippen molar-refractivity contribution in [2.45, 2.75) is 31.9 Å². The number of benzene rings is 1. The van der Waals surface area contributed by atoms with Crippen molar-refractivity contribution in [1.29, 1.82) is 0 Å². The van der Waals surface area contributed by atoms with E-state index in [1.54, 1.807) is 0 Å². The molecule has 0 bridgehead atoms. The van der Waals surface area contributed by atoms with E-state index in [1.807, 2.05) is 18.2 Å². The first-order valence-corrected chi connectivity index (χ1v) is 7.44. The predicted molar refractivity (Wildman–Crippen MR) is 79.4 cm³/mol. The highest BCUT2D eigenvalue weighted by atomic mass is 35.5. The number of hydrogen-bond donors (Lipinski definition) is 1. The molecule has 2 rings (SSSR count). The fourth-order valence-corrected chi connectivity index (χ4v) is 2.67. The van der Waals surface area contributed by atoms with Crippen LogP contribution in [0.25, 0.3) is 0 Å². The van der Waals surface area contributed by atoms with Gasteiger partial charge in [-0.2, -0.15) is 0 Å². The van der Waals surface area contributed by atoms with Gasteiger partial charge in [0.15, 0.2) is 0 Å². The third-order valence-corrected chi connectivity index (χ3v) is 3.77. The van der Waals surface area contributed by atoms with Gasteiger partial charge in [0.05, 0.1) is 6.10 Å². The smallest absolute Gasteiger partial charge is 0.0599 e. The molecule has 1 aliphatic heterocycles. The molecular weight excluding hydrogens is 260 g/mol. The summed E-state index contributed by atoms with van der Waals surface area (Å²) < 4.78 is 5.81. The SMILES string of the molecule is NCCCOC1CCN(Cc2cccc(Cl)c2)CC1. The van der Waals surface area contributed by atoms with Crippen molar-refractivity contribution in [3.05, 3.63) is 34.9 Å². The van der Waals surface area contributed by atoms with E-state index in [0.29, 0.717) is 12.6 Å². The van der Waals surface area contributed by atoms with Crippen molar-refractivity contribution in [3.8, 4) is 0 Å². The van der Waals surface area contributed by atoms with Gasteiger partial charge in [0.25, 0.3) is 0 Å². The zero-order valence-electron chi connectivity index (χ0n) is 11.4. The van der Waals surface area contributed by atoms with Gasteiger partial charge in [0.1, 0.15) is 0 Å². The average molecular weight is 283 g/mol. The van der Waals surface area contributed by atoms with Crippen LogP contribution in [0.15, 0.2) is 24.3 Å². The summed E-state index contributed by atoms with van der Waals surface area (Å²) in [5.74, 6) is 0. The number of nitrogens with zero attached hydrogens (tertiary/aromatic N) is 1. The minimum absolute atomic E-state index is 0.419. The Bertz CT molecular complexity index is 378. The van der Waals surface area contributed by atoms with Gasteiger partial charge in [0, 0.05) is 31.3 Å². The Morgan fingerprint density at radius 1 is 1.32 bits per heavy atom. The summed E-state index contributed by atoms with van der Waals surface area (Å²) in [6.07, 6.45) is 3.61. The van der Waals surface area contributed by atoms with Crippen molar-refractivity contribution in [3.63, 3.8) is 0 Å². The van der Waals surface area contributed by atoms with Gasteiger partial charge in [0.2, 0.25) is 0 Å². The van der Waals surface area contributed by atoms with Crippen molar-refractivity contribution in [2.75, 3.05) is 26.2 Å². The topological polar surface area (TPSA) is 38.5 Å². The van der Waals surface area contributed by atoms with E-state index in [1.165, 1.54) is 5.56 Å². The lowest BCUT2D eigenvalue weighted by Gasteiger charge is -2.32. The highest BCUT2D eigenvalue weighted by molar-refractivity contribution is 6.30. The third kappa shape index (κ3) is 5.11. The summed E-state index contributed by atoms with van der Waals surface area (Å²) in [7, 11) is 0. The van der Waals surface area contributed by atoms with Gasteiger partial charge in [-0.25, -0.2) is 0 Å². The quantitative estimate of drug-likeness (QED) is 0.816. The predicted octanol–water partition coefficient (Wildman–Crippen LogP) is 2.67. The maximum Gasteiger partial charge on any atom is 0.0599 e. The number of likely N-dealkylation sites (tertiary alicyclic amines) is 1. The van der Waals surface area contributed by atoms with Gasteiger partial charge in [-0.1, -0.05) is 23.7 Å². The molecule has 0 saturated carbocycles. The molecule has 0 amide bonds. The molecule has 19 heavy (non-hydrogen) atoms. The molecule has 0 radical (unpaired) electrons. The normalized spacial score (nSPS) is 17.8. The second-order valence-corrected chi connectivity index (χ2v) is 5.55. The highest BCUT2D eigenvalue weighted by Crippen LogP contribution is 2.18. The van der Waals surface area contributed by atoms with Crippen LogP contribution in [0.5, 0.6) is 0 Å². The van der Waals surface area contributed by atoms with Crippen molar-refractivity contribution in [1.82, 2.24) is 4.90 Å². The van der Waals surface area contributed by atoms with Crippen molar-refractivity contribution in [2.24, 2.45) is 5.73 Å². The molecule has 0 unspecified atom stereocenters. The summed E-state index contributed by atoms with van der Waals surface area (Å²) in [5.41, 5.74) is 6.75. The van der Waals surface area contributed by atoms with E-state index >= 15 is 0 Å². The Hall–Kier alpha value is -0.610. The second-order valence-electron chi connectivity index (χ2n) is 5.12. The first-order valence-electron chi connectivity index (χ1n) is 7.06. The zero-order valence-corrected chi connectivity index (χ0v) is 12.1. The van der Waals surface area contributed by atoms with Gasteiger partial charge in [-0.3, -0.25) is 4.90 Å². The number of piperidine rings is 1. The largest absolute Gasteiger partial charge is 0.378 e. The Kier molecular flexibility index (Phi) is 6.11. The van der Waals surface area contributed by atoms with Crippen LogP contribution in [0.3, 0.4) is 0 Å².